The molecule has 0 atom stereocenters. The van der Waals surface area contributed by atoms with Gasteiger partial charge in [0.25, 0.3) is 0 Å². The third-order valence-corrected chi connectivity index (χ3v) is 4.05. The van der Waals surface area contributed by atoms with Gasteiger partial charge in [0.2, 0.25) is 0 Å². The summed E-state index contributed by atoms with van der Waals surface area (Å²) in [6.07, 6.45) is 3.19. The highest BCUT2D eigenvalue weighted by Crippen LogP contribution is 2.25. The molecular weight excluding hydrogens is 325 g/mol. The zero-order valence-electron chi connectivity index (χ0n) is 13.3. The summed E-state index contributed by atoms with van der Waals surface area (Å²) in [4.78, 5) is 12.1. The Morgan fingerprint density at radius 2 is 2.00 bits per heavy atom. The highest BCUT2D eigenvalue weighted by molar-refractivity contribution is 5.98. The largest absolute Gasteiger partial charge is 0.354 e. The molecule has 0 saturated carbocycles. The number of amides is 2. The van der Waals surface area contributed by atoms with E-state index in [1.54, 1.807) is 18.2 Å². The summed E-state index contributed by atoms with van der Waals surface area (Å²) in [7, 11) is 0. The van der Waals surface area contributed by atoms with Gasteiger partial charge in [-0.25, -0.2) is 9.18 Å². The lowest BCUT2D eigenvalue weighted by atomic mass is 10.1. The molecule has 1 aromatic carbocycles. The topological polar surface area (TPSA) is 85.0 Å². The molecule has 0 radical (unpaired) electrons. The van der Waals surface area contributed by atoms with Crippen LogP contribution < -0.4 is 10.6 Å². The molecule has 7 nitrogen and oxygen atoms in total. The molecular formula is C17H16FN5O2. The van der Waals surface area contributed by atoms with Gasteiger partial charge in [0, 0.05) is 24.4 Å². The average molecular weight is 341 g/mol. The van der Waals surface area contributed by atoms with E-state index in [1.807, 2.05) is 10.7 Å². The Labute approximate surface area is 142 Å². The predicted molar refractivity (Wildman–Crippen MR) is 89.7 cm³/mol. The zero-order chi connectivity index (χ0) is 17.2. The summed E-state index contributed by atoms with van der Waals surface area (Å²) in [5.41, 5.74) is 1.40. The van der Waals surface area contributed by atoms with Crippen LogP contribution in [0.4, 0.5) is 20.8 Å². The third kappa shape index (κ3) is 3.23. The maximum absolute atomic E-state index is 13.7. The van der Waals surface area contributed by atoms with E-state index in [-0.39, 0.29) is 17.1 Å². The van der Waals surface area contributed by atoms with Crippen LogP contribution in [-0.4, -0.2) is 21.0 Å². The normalized spacial score (nSPS) is 13.3. The van der Waals surface area contributed by atoms with Crippen molar-refractivity contribution in [3.05, 3.63) is 47.9 Å². The molecule has 25 heavy (non-hydrogen) atoms. The Morgan fingerprint density at radius 3 is 2.84 bits per heavy atom. The van der Waals surface area contributed by atoms with Gasteiger partial charge in [0.15, 0.2) is 17.4 Å². The molecule has 3 heterocycles. The lowest BCUT2D eigenvalue weighted by Crippen LogP contribution is -2.20. The van der Waals surface area contributed by atoms with E-state index in [2.05, 4.69) is 20.9 Å². The molecule has 0 aliphatic carbocycles. The summed E-state index contributed by atoms with van der Waals surface area (Å²) < 4.78 is 20.8. The second-order valence-corrected chi connectivity index (χ2v) is 5.84. The zero-order valence-corrected chi connectivity index (χ0v) is 13.3. The van der Waals surface area contributed by atoms with E-state index in [4.69, 9.17) is 4.52 Å². The number of halogens is 1. The number of nitrogens with one attached hydrogen (secondary N) is 2. The van der Waals surface area contributed by atoms with E-state index in [9.17, 15) is 9.18 Å². The van der Waals surface area contributed by atoms with Crippen LogP contribution in [0.3, 0.4) is 0 Å². The minimum atomic E-state index is -0.483. The van der Waals surface area contributed by atoms with Gasteiger partial charge in [-0.15, -0.1) is 0 Å². The van der Waals surface area contributed by atoms with Crippen LogP contribution in [0.25, 0.3) is 11.3 Å². The van der Waals surface area contributed by atoms with Gasteiger partial charge >= 0.3 is 6.03 Å². The first-order valence-electron chi connectivity index (χ1n) is 8.05. The first-order chi connectivity index (χ1) is 12.2. The molecule has 2 aromatic heterocycles. The van der Waals surface area contributed by atoms with Crippen molar-refractivity contribution in [3.8, 4) is 11.3 Å². The molecule has 0 fully saturated rings. The molecule has 2 amide bonds. The highest BCUT2D eigenvalue weighted by Gasteiger charge is 2.15. The Balaban J connectivity index is 1.43. The SMILES string of the molecule is O=C(Nc1cc(-c2ccccc2F)on1)Nc1cc2n(n1)CCCC2. The van der Waals surface area contributed by atoms with E-state index >= 15 is 0 Å². The summed E-state index contributed by atoms with van der Waals surface area (Å²) in [6, 6.07) is 9.05. The number of hydrogen-bond donors (Lipinski definition) is 2. The number of benzene rings is 1. The van der Waals surface area contributed by atoms with Crippen LogP contribution in [0, 0.1) is 5.82 Å². The van der Waals surface area contributed by atoms with Crippen LogP contribution in [0.5, 0.6) is 0 Å². The molecule has 8 heteroatoms. The molecule has 3 aromatic rings. The van der Waals surface area contributed by atoms with Gasteiger partial charge in [-0.3, -0.25) is 15.3 Å². The van der Waals surface area contributed by atoms with Crippen LogP contribution in [0.2, 0.25) is 0 Å². The third-order valence-electron chi connectivity index (χ3n) is 4.05. The summed E-state index contributed by atoms with van der Waals surface area (Å²) in [5.74, 6) is 0.510. The highest BCUT2D eigenvalue weighted by atomic mass is 19.1. The van der Waals surface area contributed by atoms with Crippen molar-refractivity contribution in [1.29, 1.82) is 0 Å². The van der Waals surface area contributed by atoms with Crippen molar-refractivity contribution in [2.45, 2.75) is 25.8 Å². The molecule has 0 spiro atoms. The minimum Gasteiger partial charge on any atom is -0.354 e. The van der Waals surface area contributed by atoms with E-state index in [1.165, 1.54) is 12.1 Å². The smallest absolute Gasteiger partial charge is 0.326 e. The quantitative estimate of drug-likeness (QED) is 0.761. The first-order valence-corrected chi connectivity index (χ1v) is 8.05. The number of fused-ring (bicyclic) bond motifs is 1. The predicted octanol–water partition coefficient (Wildman–Crippen LogP) is 3.66. The second-order valence-electron chi connectivity index (χ2n) is 5.84. The molecule has 0 bridgehead atoms. The molecule has 0 unspecified atom stereocenters. The van der Waals surface area contributed by atoms with E-state index in [0.717, 1.165) is 31.5 Å². The van der Waals surface area contributed by atoms with Gasteiger partial charge in [-0.2, -0.15) is 5.10 Å². The van der Waals surface area contributed by atoms with Crippen LogP contribution >= 0.6 is 0 Å². The maximum atomic E-state index is 13.7. The summed E-state index contributed by atoms with van der Waals surface area (Å²) in [5, 5.41) is 13.3. The molecule has 1 aliphatic rings. The number of urea groups is 1. The Kier molecular flexibility index (Phi) is 3.93. The van der Waals surface area contributed by atoms with E-state index in [0.29, 0.717) is 5.82 Å². The van der Waals surface area contributed by atoms with Crippen molar-refractivity contribution in [3.63, 3.8) is 0 Å². The number of nitrogens with zero attached hydrogens (tertiary/aromatic N) is 3. The van der Waals surface area contributed by atoms with Crippen molar-refractivity contribution in [2.24, 2.45) is 0 Å². The van der Waals surface area contributed by atoms with Crippen molar-refractivity contribution in [2.75, 3.05) is 10.6 Å². The van der Waals surface area contributed by atoms with Gasteiger partial charge in [0.05, 0.1) is 5.56 Å². The van der Waals surface area contributed by atoms with Crippen molar-refractivity contribution < 1.29 is 13.7 Å². The van der Waals surface area contributed by atoms with Crippen molar-refractivity contribution in [1.82, 2.24) is 14.9 Å². The Morgan fingerprint density at radius 1 is 1.16 bits per heavy atom. The average Bonchev–Trinajstić information content (AvgIpc) is 3.21. The standard InChI is InChI=1S/C17H16FN5O2/c18-13-7-2-1-6-12(13)14-10-16(22-25-14)20-17(24)19-15-9-11-5-3-4-8-23(11)21-15/h1-2,6-7,9-10H,3-5,8H2,(H2,19,20,21,22,24). The lowest BCUT2D eigenvalue weighted by molar-refractivity contribution is 0.262. The van der Waals surface area contributed by atoms with E-state index < -0.39 is 11.8 Å². The van der Waals surface area contributed by atoms with Gasteiger partial charge in [-0.1, -0.05) is 17.3 Å². The molecule has 2 N–H and O–H groups in total. The summed E-state index contributed by atoms with van der Waals surface area (Å²) in [6.45, 7) is 0.869. The number of carbonyl (C=O) groups is 1. The van der Waals surface area contributed by atoms with Crippen molar-refractivity contribution >= 4 is 17.7 Å². The maximum Gasteiger partial charge on any atom is 0.326 e. The Hall–Kier alpha value is -3.16. The fourth-order valence-electron chi connectivity index (χ4n) is 2.87. The van der Waals surface area contributed by atoms with Gasteiger partial charge < -0.3 is 4.52 Å². The fraction of sp³-hybridized carbons (Fsp3) is 0.235. The summed E-state index contributed by atoms with van der Waals surface area (Å²) >= 11 is 0. The number of aryl methyl sites for hydroxylation is 2. The van der Waals surface area contributed by atoms with Gasteiger partial charge in [0.1, 0.15) is 5.82 Å². The Bertz CT molecular complexity index is 894. The minimum absolute atomic E-state index is 0.194. The number of rotatable bonds is 3. The number of carbonyl (C=O) groups excluding carboxylic acids is 1. The molecule has 0 saturated heterocycles. The molecule has 1 aliphatic heterocycles. The monoisotopic (exact) mass is 341 g/mol. The fourth-order valence-corrected chi connectivity index (χ4v) is 2.87. The molecule has 4 rings (SSSR count). The lowest BCUT2D eigenvalue weighted by Gasteiger charge is -2.11. The number of hydrogen-bond acceptors (Lipinski definition) is 4. The van der Waals surface area contributed by atoms with Crippen LogP contribution in [-0.2, 0) is 13.0 Å². The van der Waals surface area contributed by atoms with Crippen LogP contribution in [0.15, 0.2) is 40.9 Å². The van der Waals surface area contributed by atoms with Gasteiger partial charge in [-0.05, 0) is 31.4 Å². The number of anilines is 2. The molecule has 128 valence electrons. The second kappa shape index (κ2) is 6.39. The number of aromatic nitrogens is 3. The first kappa shape index (κ1) is 15.4. The van der Waals surface area contributed by atoms with Crippen LogP contribution in [0.1, 0.15) is 18.5 Å².